The lowest BCUT2D eigenvalue weighted by atomic mass is 10.0. The zero-order valence-electron chi connectivity index (χ0n) is 9.51. The Morgan fingerprint density at radius 3 is 2.35 bits per heavy atom. The summed E-state index contributed by atoms with van der Waals surface area (Å²) < 4.78 is 5.16. The molecule has 0 spiro atoms. The van der Waals surface area contributed by atoms with Gasteiger partial charge in [-0.1, -0.05) is 30.3 Å². The standard InChI is InChI=1S/C14H13NO2/c1-10(16)17-14-5-3-2-4-13(14)11-6-8-12(15)9-7-11/h2-9H,15H2,1H3. The highest BCUT2D eigenvalue weighted by molar-refractivity contribution is 5.77. The summed E-state index contributed by atoms with van der Waals surface area (Å²) in [5, 5.41) is 0. The van der Waals surface area contributed by atoms with E-state index in [9.17, 15) is 4.79 Å². The predicted molar refractivity (Wildman–Crippen MR) is 67.6 cm³/mol. The molecule has 0 radical (unpaired) electrons. The van der Waals surface area contributed by atoms with E-state index in [4.69, 9.17) is 10.5 Å². The molecule has 3 heteroatoms. The number of nitrogens with two attached hydrogens (primary N) is 1. The lowest BCUT2D eigenvalue weighted by molar-refractivity contribution is -0.131. The van der Waals surface area contributed by atoms with Crippen LogP contribution in [0.25, 0.3) is 11.1 Å². The molecule has 2 rings (SSSR count). The van der Waals surface area contributed by atoms with Crippen molar-refractivity contribution in [1.29, 1.82) is 0 Å². The molecule has 0 aliphatic rings. The number of ether oxygens (including phenoxy) is 1. The Balaban J connectivity index is 2.44. The second-order valence-electron chi connectivity index (χ2n) is 3.71. The van der Waals surface area contributed by atoms with Crippen LogP contribution in [-0.4, -0.2) is 5.97 Å². The maximum Gasteiger partial charge on any atom is 0.308 e. The summed E-state index contributed by atoms with van der Waals surface area (Å²) in [4.78, 5) is 11.0. The van der Waals surface area contributed by atoms with E-state index < -0.39 is 0 Å². The van der Waals surface area contributed by atoms with Crippen molar-refractivity contribution in [2.24, 2.45) is 0 Å². The minimum absolute atomic E-state index is 0.326. The number of hydrogen-bond acceptors (Lipinski definition) is 3. The molecular formula is C14H13NO2. The normalized spacial score (nSPS) is 9.94. The fourth-order valence-electron chi connectivity index (χ4n) is 1.61. The molecular weight excluding hydrogens is 214 g/mol. The van der Waals surface area contributed by atoms with Crippen LogP contribution in [0.15, 0.2) is 48.5 Å². The lowest BCUT2D eigenvalue weighted by Gasteiger charge is -2.08. The van der Waals surface area contributed by atoms with Crippen LogP contribution in [0.3, 0.4) is 0 Å². The number of anilines is 1. The number of carbonyl (C=O) groups excluding carboxylic acids is 1. The number of hydrogen-bond donors (Lipinski definition) is 1. The van der Waals surface area contributed by atoms with Gasteiger partial charge in [0.2, 0.25) is 0 Å². The second-order valence-corrected chi connectivity index (χ2v) is 3.71. The van der Waals surface area contributed by atoms with E-state index >= 15 is 0 Å². The lowest BCUT2D eigenvalue weighted by Crippen LogP contribution is -2.02. The summed E-state index contributed by atoms with van der Waals surface area (Å²) >= 11 is 0. The third-order valence-corrected chi connectivity index (χ3v) is 2.36. The average Bonchev–Trinajstić information content (AvgIpc) is 2.30. The van der Waals surface area contributed by atoms with Crippen molar-refractivity contribution >= 4 is 11.7 Å². The zero-order valence-corrected chi connectivity index (χ0v) is 9.51. The molecule has 0 unspecified atom stereocenters. The minimum Gasteiger partial charge on any atom is -0.426 e. The molecule has 86 valence electrons. The van der Waals surface area contributed by atoms with E-state index in [0.717, 1.165) is 11.1 Å². The SMILES string of the molecule is CC(=O)Oc1ccccc1-c1ccc(N)cc1. The van der Waals surface area contributed by atoms with Crippen molar-refractivity contribution in [3.8, 4) is 16.9 Å². The van der Waals surface area contributed by atoms with Gasteiger partial charge in [-0.05, 0) is 23.8 Å². The van der Waals surface area contributed by atoms with Crippen LogP contribution in [0.5, 0.6) is 5.75 Å². The Bertz CT molecular complexity index is 532. The van der Waals surface area contributed by atoms with E-state index in [2.05, 4.69) is 0 Å². The molecule has 0 atom stereocenters. The average molecular weight is 227 g/mol. The van der Waals surface area contributed by atoms with Gasteiger partial charge in [-0.3, -0.25) is 4.79 Å². The molecule has 0 saturated heterocycles. The molecule has 0 amide bonds. The Morgan fingerprint density at radius 1 is 1.06 bits per heavy atom. The van der Waals surface area contributed by atoms with Crippen molar-refractivity contribution in [2.75, 3.05) is 5.73 Å². The Labute approximate surface area is 99.8 Å². The molecule has 17 heavy (non-hydrogen) atoms. The van der Waals surface area contributed by atoms with Gasteiger partial charge in [0.25, 0.3) is 0 Å². The third kappa shape index (κ3) is 2.64. The summed E-state index contributed by atoms with van der Waals surface area (Å²) in [7, 11) is 0. The summed E-state index contributed by atoms with van der Waals surface area (Å²) in [5.74, 6) is 0.234. The Kier molecular flexibility index (Phi) is 3.10. The molecule has 0 fully saturated rings. The van der Waals surface area contributed by atoms with E-state index in [1.807, 2.05) is 42.5 Å². The van der Waals surface area contributed by atoms with E-state index in [0.29, 0.717) is 11.4 Å². The highest BCUT2D eigenvalue weighted by Crippen LogP contribution is 2.30. The fourth-order valence-corrected chi connectivity index (χ4v) is 1.61. The Morgan fingerprint density at radius 2 is 1.71 bits per heavy atom. The number of rotatable bonds is 2. The van der Waals surface area contributed by atoms with Crippen molar-refractivity contribution in [2.45, 2.75) is 6.92 Å². The zero-order chi connectivity index (χ0) is 12.3. The van der Waals surface area contributed by atoms with Crippen molar-refractivity contribution in [3.05, 3.63) is 48.5 Å². The van der Waals surface area contributed by atoms with E-state index in [1.165, 1.54) is 6.92 Å². The third-order valence-electron chi connectivity index (χ3n) is 2.36. The molecule has 2 N–H and O–H groups in total. The van der Waals surface area contributed by atoms with Crippen LogP contribution in [0, 0.1) is 0 Å². The van der Waals surface area contributed by atoms with Gasteiger partial charge in [-0.25, -0.2) is 0 Å². The van der Waals surface area contributed by atoms with Crippen LogP contribution >= 0.6 is 0 Å². The summed E-state index contributed by atoms with van der Waals surface area (Å²) in [6.45, 7) is 1.39. The van der Waals surface area contributed by atoms with Gasteiger partial charge in [0, 0.05) is 18.2 Å². The maximum atomic E-state index is 11.0. The molecule has 0 aromatic heterocycles. The van der Waals surface area contributed by atoms with Crippen LogP contribution in [0.2, 0.25) is 0 Å². The van der Waals surface area contributed by atoms with Crippen molar-refractivity contribution < 1.29 is 9.53 Å². The summed E-state index contributed by atoms with van der Waals surface area (Å²) in [5.41, 5.74) is 8.19. The predicted octanol–water partition coefficient (Wildman–Crippen LogP) is 2.86. The maximum absolute atomic E-state index is 11.0. The van der Waals surface area contributed by atoms with E-state index in [-0.39, 0.29) is 5.97 Å². The van der Waals surface area contributed by atoms with Gasteiger partial charge in [-0.2, -0.15) is 0 Å². The largest absolute Gasteiger partial charge is 0.426 e. The summed E-state index contributed by atoms with van der Waals surface area (Å²) in [6, 6.07) is 14.9. The number of para-hydroxylation sites is 1. The summed E-state index contributed by atoms with van der Waals surface area (Å²) in [6.07, 6.45) is 0. The molecule has 0 heterocycles. The van der Waals surface area contributed by atoms with Crippen LogP contribution in [0.4, 0.5) is 5.69 Å². The first-order valence-electron chi connectivity index (χ1n) is 5.30. The number of benzene rings is 2. The van der Waals surface area contributed by atoms with E-state index in [1.54, 1.807) is 6.07 Å². The van der Waals surface area contributed by atoms with Gasteiger partial charge >= 0.3 is 5.97 Å². The smallest absolute Gasteiger partial charge is 0.308 e. The molecule has 0 saturated carbocycles. The van der Waals surface area contributed by atoms with Crippen LogP contribution < -0.4 is 10.5 Å². The van der Waals surface area contributed by atoms with Crippen LogP contribution in [0.1, 0.15) is 6.92 Å². The number of carbonyl (C=O) groups is 1. The highest BCUT2D eigenvalue weighted by Gasteiger charge is 2.07. The molecule has 0 aliphatic carbocycles. The first kappa shape index (κ1) is 11.2. The minimum atomic E-state index is -0.326. The quantitative estimate of drug-likeness (QED) is 0.487. The van der Waals surface area contributed by atoms with Crippen molar-refractivity contribution in [1.82, 2.24) is 0 Å². The van der Waals surface area contributed by atoms with Gasteiger partial charge in [0.05, 0.1) is 0 Å². The molecule has 3 nitrogen and oxygen atoms in total. The first-order valence-corrected chi connectivity index (χ1v) is 5.30. The molecule has 0 bridgehead atoms. The Hall–Kier alpha value is -2.29. The molecule has 0 aliphatic heterocycles. The second kappa shape index (κ2) is 4.70. The first-order chi connectivity index (χ1) is 8.16. The van der Waals surface area contributed by atoms with Gasteiger partial charge in [-0.15, -0.1) is 0 Å². The van der Waals surface area contributed by atoms with Gasteiger partial charge in [0.15, 0.2) is 0 Å². The topological polar surface area (TPSA) is 52.3 Å². The van der Waals surface area contributed by atoms with Gasteiger partial charge < -0.3 is 10.5 Å². The van der Waals surface area contributed by atoms with Crippen LogP contribution in [-0.2, 0) is 4.79 Å². The fraction of sp³-hybridized carbons (Fsp3) is 0.0714. The number of nitrogen functional groups attached to an aromatic ring is 1. The highest BCUT2D eigenvalue weighted by atomic mass is 16.5. The molecule has 2 aromatic carbocycles. The number of esters is 1. The monoisotopic (exact) mass is 227 g/mol. The van der Waals surface area contributed by atoms with Gasteiger partial charge in [0.1, 0.15) is 5.75 Å². The molecule has 2 aromatic rings. The van der Waals surface area contributed by atoms with Crippen molar-refractivity contribution in [3.63, 3.8) is 0 Å².